The third-order valence-corrected chi connectivity index (χ3v) is 7.09. The predicted molar refractivity (Wildman–Crippen MR) is 113 cm³/mol. The second kappa shape index (κ2) is 8.76. The minimum atomic E-state index is 0.251. The van der Waals surface area contributed by atoms with Crippen molar-refractivity contribution in [2.24, 2.45) is 5.92 Å². The summed E-state index contributed by atoms with van der Waals surface area (Å²) in [5, 5.41) is 4.93. The molecule has 1 aromatic carbocycles. The first-order valence-electron chi connectivity index (χ1n) is 10.0. The van der Waals surface area contributed by atoms with Crippen molar-refractivity contribution in [2.45, 2.75) is 32.1 Å². The highest BCUT2D eigenvalue weighted by atomic mass is 35.5. The summed E-state index contributed by atoms with van der Waals surface area (Å²) in [6.07, 6.45) is 5.83. The summed E-state index contributed by atoms with van der Waals surface area (Å²) in [6, 6.07) is 5.95. The first-order valence-corrected chi connectivity index (χ1v) is 11.2. The lowest BCUT2D eigenvalue weighted by molar-refractivity contribution is -0.125. The van der Waals surface area contributed by atoms with E-state index in [0.717, 1.165) is 72.5 Å². The molecule has 0 spiro atoms. The number of anilines is 1. The van der Waals surface area contributed by atoms with E-state index in [4.69, 9.17) is 16.6 Å². The van der Waals surface area contributed by atoms with Crippen molar-refractivity contribution in [1.29, 1.82) is 0 Å². The van der Waals surface area contributed by atoms with E-state index in [-0.39, 0.29) is 11.8 Å². The molecule has 0 radical (unpaired) electrons. The molecule has 146 valence electrons. The number of benzene rings is 1. The first-order chi connectivity index (χ1) is 13.2. The number of nitrogens with zero attached hydrogens (tertiary/aromatic N) is 3. The standard InChI is InChI=1S/C20H27ClN4OS/c21-16-7-4-8-17-18(16)23-20(27-17)25-13-11-24(12-14-25)10-9-22-19(26)15-5-2-1-3-6-15/h4,7-8,15H,1-3,5-6,9-14H2,(H,22,26). The van der Waals surface area contributed by atoms with Crippen molar-refractivity contribution in [2.75, 3.05) is 44.2 Å². The molecule has 2 aromatic rings. The Hall–Kier alpha value is -1.37. The number of aromatic nitrogens is 1. The molecule has 1 saturated heterocycles. The van der Waals surface area contributed by atoms with Gasteiger partial charge in [-0.3, -0.25) is 9.69 Å². The van der Waals surface area contributed by atoms with Crippen molar-refractivity contribution >= 4 is 44.2 Å². The summed E-state index contributed by atoms with van der Waals surface area (Å²) >= 11 is 7.97. The van der Waals surface area contributed by atoms with Crippen molar-refractivity contribution in [3.8, 4) is 0 Å². The quantitative estimate of drug-likeness (QED) is 0.821. The van der Waals surface area contributed by atoms with E-state index in [2.05, 4.69) is 21.2 Å². The fourth-order valence-electron chi connectivity index (χ4n) is 4.05. The molecule has 1 N–H and O–H groups in total. The van der Waals surface area contributed by atoms with Gasteiger partial charge in [-0.1, -0.05) is 48.3 Å². The van der Waals surface area contributed by atoms with Crippen LogP contribution in [0.1, 0.15) is 32.1 Å². The molecule has 5 nitrogen and oxygen atoms in total. The monoisotopic (exact) mass is 406 g/mol. The van der Waals surface area contributed by atoms with E-state index in [1.165, 1.54) is 19.3 Å². The third kappa shape index (κ3) is 4.55. The lowest BCUT2D eigenvalue weighted by atomic mass is 9.89. The minimum absolute atomic E-state index is 0.251. The molecule has 27 heavy (non-hydrogen) atoms. The first kappa shape index (κ1) is 19.0. The van der Waals surface area contributed by atoms with Crippen molar-refractivity contribution < 1.29 is 4.79 Å². The van der Waals surface area contributed by atoms with Crippen LogP contribution in [0.5, 0.6) is 0 Å². The summed E-state index contributed by atoms with van der Waals surface area (Å²) in [7, 11) is 0. The summed E-state index contributed by atoms with van der Waals surface area (Å²) in [6.45, 7) is 5.62. The number of fused-ring (bicyclic) bond motifs is 1. The predicted octanol–water partition coefficient (Wildman–Crippen LogP) is 3.77. The van der Waals surface area contributed by atoms with Gasteiger partial charge in [0.05, 0.1) is 9.72 Å². The number of hydrogen-bond donors (Lipinski definition) is 1. The SMILES string of the molecule is O=C(NCCN1CCN(c2nc3c(Cl)cccc3s2)CC1)C1CCCCC1. The number of thiazole rings is 1. The van der Waals surface area contributed by atoms with Crippen LogP contribution in [0.4, 0.5) is 5.13 Å². The topological polar surface area (TPSA) is 48.5 Å². The maximum Gasteiger partial charge on any atom is 0.223 e. The van der Waals surface area contributed by atoms with Gasteiger partial charge in [-0.25, -0.2) is 4.98 Å². The molecule has 2 fully saturated rings. The number of nitrogens with one attached hydrogen (secondary N) is 1. The normalized spacial score (nSPS) is 19.5. The van der Waals surface area contributed by atoms with Gasteiger partial charge in [0.2, 0.25) is 5.91 Å². The fraction of sp³-hybridized carbons (Fsp3) is 0.600. The second-order valence-electron chi connectivity index (χ2n) is 7.54. The van der Waals surface area contributed by atoms with Crippen LogP contribution in [-0.2, 0) is 4.79 Å². The Morgan fingerprint density at radius 2 is 1.96 bits per heavy atom. The summed E-state index contributed by atoms with van der Waals surface area (Å²) < 4.78 is 1.14. The zero-order valence-corrected chi connectivity index (χ0v) is 17.2. The van der Waals surface area contributed by atoms with Gasteiger partial charge in [0.25, 0.3) is 0 Å². The molecule has 1 aromatic heterocycles. The van der Waals surface area contributed by atoms with E-state index in [9.17, 15) is 4.79 Å². The summed E-state index contributed by atoms with van der Waals surface area (Å²) in [5.74, 6) is 0.515. The molecule has 2 heterocycles. The zero-order chi connectivity index (χ0) is 18.6. The summed E-state index contributed by atoms with van der Waals surface area (Å²) in [5.41, 5.74) is 0.909. The molecule has 1 aliphatic carbocycles. The highest BCUT2D eigenvalue weighted by molar-refractivity contribution is 7.22. The lowest BCUT2D eigenvalue weighted by Crippen LogP contribution is -2.48. The Labute approximate surface area is 169 Å². The van der Waals surface area contributed by atoms with Crippen LogP contribution in [0, 0.1) is 5.92 Å². The van der Waals surface area contributed by atoms with Gasteiger partial charge < -0.3 is 10.2 Å². The van der Waals surface area contributed by atoms with Crippen molar-refractivity contribution in [3.05, 3.63) is 23.2 Å². The largest absolute Gasteiger partial charge is 0.355 e. The van der Waals surface area contributed by atoms with Gasteiger partial charge in [0.1, 0.15) is 5.52 Å². The molecule has 7 heteroatoms. The molecule has 2 aliphatic rings. The van der Waals surface area contributed by atoms with E-state index in [1.54, 1.807) is 11.3 Å². The Balaban J connectivity index is 1.22. The number of para-hydroxylation sites is 1. The van der Waals surface area contributed by atoms with Crippen LogP contribution in [-0.4, -0.2) is 55.1 Å². The fourth-order valence-corrected chi connectivity index (χ4v) is 5.36. The Kier molecular flexibility index (Phi) is 6.15. The van der Waals surface area contributed by atoms with Gasteiger partial charge in [0, 0.05) is 45.2 Å². The van der Waals surface area contributed by atoms with Crippen molar-refractivity contribution in [1.82, 2.24) is 15.2 Å². The molecule has 1 aliphatic heterocycles. The molecule has 1 amide bonds. The van der Waals surface area contributed by atoms with Crippen LogP contribution in [0.2, 0.25) is 5.02 Å². The third-order valence-electron chi connectivity index (χ3n) is 5.70. The number of carbonyl (C=O) groups is 1. The molecule has 4 rings (SSSR count). The van der Waals surface area contributed by atoms with Gasteiger partial charge in [-0.05, 0) is 25.0 Å². The molecule has 0 bridgehead atoms. The Morgan fingerprint density at radius 1 is 1.19 bits per heavy atom. The molecular weight excluding hydrogens is 380 g/mol. The number of carbonyl (C=O) groups excluding carboxylic acids is 1. The average molecular weight is 407 g/mol. The van der Waals surface area contributed by atoms with Crippen LogP contribution in [0.25, 0.3) is 10.2 Å². The van der Waals surface area contributed by atoms with Gasteiger partial charge >= 0.3 is 0 Å². The smallest absolute Gasteiger partial charge is 0.223 e. The molecule has 1 saturated carbocycles. The van der Waals surface area contributed by atoms with E-state index in [0.29, 0.717) is 0 Å². The highest BCUT2D eigenvalue weighted by Crippen LogP contribution is 2.33. The van der Waals surface area contributed by atoms with Gasteiger partial charge in [-0.15, -0.1) is 0 Å². The maximum absolute atomic E-state index is 12.2. The van der Waals surface area contributed by atoms with E-state index in [1.807, 2.05) is 12.1 Å². The van der Waals surface area contributed by atoms with Crippen LogP contribution in [0.3, 0.4) is 0 Å². The molecular formula is C20H27ClN4OS. The van der Waals surface area contributed by atoms with Crippen LogP contribution < -0.4 is 10.2 Å². The number of halogens is 1. The van der Waals surface area contributed by atoms with Gasteiger partial charge in [-0.2, -0.15) is 0 Å². The number of rotatable bonds is 5. The van der Waals surface area contributed by atoms with E-state index < -0.39 is 0 Å². The average Bonchev–Trinajstić information content (AvgIpc) is 3.15. The Morgan fingerprint density at radius 3 is 2.70 bits per heavy atom. The van der Waals surface area contributed by atoms with Crippen LogP contribution >= 0.6 is 22.9 Å². The zero-order valence-electron chi connectivity index (χ0n) is 15.6. The molecule has 0 unspecified atom stereocenters. The number of hydrogen-bond acceptors (Lipinski definition) is 5. The second-order valence-corrected chi connectivity index (χ2v) is 8.95. The highest BCUT2D eigenvalue weighted by Gasteiger charge is 2.22. The minimum Gasteiger partial charge on any atom is -0.355 e. The number of amides is 1. The number of piperazine rings is 1. The summed E-state index contributed by atoms with van der Waals surface area (Å²) in [4.78, 5) is 21.7. The Bertz CT molecular complexity index is 781. The van der Waals surface area contributed by atoms with Crippen molar-refractivity contribution in [3.63, 3.8) is 0 Å². The van der Waals surface area contributed by atoms with Crippen LogP contribution in [0.15, 0.2) is 18.2 Å². The molecule has 0 atom stereocenters. The lowest BCUT2D eigenvalue weighted by Gasteiger charge is -2.34. The van der Waals surface area contributed by atoms with E-state index >= 15 is 0 Å². The van der Waals surface area contributed by atoms with Gasteiger partial charge in [0.15, 0.2) is 5.13 Å². The maximum atomic E-state index is 12.2.